The van der Waals surface area contributed by atoms with Crippen LogP contribution in [0.25, 0.3) is 0 Å². The molecule has 136 valence electrons. The lowest BCUT2D eigenvalue weighted by Gasteiger charge is -2.40. The molecule has 0 unspecified atom stereocenters. The van der Waals surface area contributed by atoms with E-state index in [2.05, 4.69) is 83.4 Å². The second-order valence-corrected chi connectivity index (χ2v) is 6.98. The zero-order chi connectivity index (χ0) is 18.5. The molecule has 3 nitrogen and oxygen atoms in total. The van der Waals surface area contributed by atoms with Gasteiger partial charge in [-0.1, -0.05) is 91.0 Å². The number of nitrogens with one attached hydrogen (secondary N) is 2. The van der Waals surface area contributed by atoms with Crippen molar-refractivity contribution in [3.8, 4) is 0 Å². The SMILES string of the molecule is O=C1NCCC[C@@H]1NC(c1ccccc1)(c1ccccc1)c1ccccc1. The number of carbonyl (C=O) groups excluding carboxylic acids is 1. The molecule has 2 N–H and O–H groups in total. The molecule has 1 fully saturated rings. The fourth-order valence-electron chi connectivity index (χ4n) is 3.99. The zero-order valence-corrected chi connectivity index (χ0v) is 15.3. The van der Waals surface area contributed by atoms with Crippen LogP contribution in [0.2, 0.25) is 0 Å². The second kappa shape index (κ2) is 7.77. The van der Waals surface area contributed by atoms with Gasteiger partial charge < -0.3 is 5.32 Å². The van der Waals surface area contributed by atoms with Gasteiger partial charge in [0.1, 0.15) is 0 Å². The number of amides is 1. The molecule has 0 spiro atoms. The van der Waals surface area contributed by atoms with Gasteiger partial charge in [-0.05, 0) is 29.5 Å². The molecule has 1 heterocycles. The van der Waals surface area contributed by atoms with Gasteiger partial charge in [-0.25, -0.2) is 0 Å². The van der Waals surface area contributed by atoms with Crippen molar-refractivity contribution in [2.24, 2.45) is 0 Å². The van der Waals surface area contributed by atoms with Crippen LogP contribution in [0.3, 0.4) is 0 Å². The number of hydrogen-bond donors (Lipinski definition) is 2. The Bertz CT molecular complexity index is 781. The predicted molar refractivity (Wildman–Crippen MR) is 108 cm³/mol. The average Bonchev–Trinajstić information content (AvgIpc) is 2.75. The molecule has 27 heavy (non-hydrogen) atoms. The van der Waals surface area contributed by atoms with E-state index in [1.54, 1.807) is 0 Å². The molecule has 0 aliphatic carbocycles. The minimum absolute atomic E-state index is 0.0772. The lowest BCUT2D eigenvalue weighted by Crippen LogP contribution is -2.57. The van der Waals surface area contributed by atoms with Crippen molar-refractivity contribution < 1.29 is 4.79 Å². The maximum Gasteiger partial charge on any atom is 0.237 e. The van der Waals surface area contributed by atoms with Crippen molar-refractivity contribution in [2.45, 2.75) is 24.4 Å². The zero-order valence-electron chi connectivity index (χ0n) is 15.3. The van der Waals surface area contributed by atoms with Crippen molar-refractivity contribution in [3.05, 3.63) is 108 Å². The third-order valence-corrected chi connectivity index (χ3v) is 5.30. The highest BCUT2D eigenvalue weighted by Crippen LogP contribution is 2.37. The van der Waals surface area contributed by atoms with Crippen LogP contribution < -0.4 is 10.6 Å². The van der Waals surface area contributed by atoms with E-state index in [0.717, 1.165) is 36.1 Å². The van der Waals surface area contributed by atoms with E-state index < -0.39 is 5.54 Å². The summed E-state index contributed by atoms with van der Waals surface area (Å²) in [7, 11) is 0. The van der Waals surface area contributed by atoms with Crippen molar-refractivity contribution in [1.29, 1.82) is 0 Å². The molecule has 0 aromatic heterocycles. The van der Waals surface area contributed by atoms with Crippen LogP contribution in [-0.4, -0.2) is 18.5 Å². The van der Waals surface area contributed by atoms with Gasteiger partial charge in [0.2, 0.25) is 5.91 Å². The summed E-state index contributed by atoms with van der Waals surface area (Å²) < 4.78 is 0. The maximum atomic E-state index is 12.6. The van der Waals surface area contributed by atoms with Gasteiger partial charge in [0.05, 0.1) is 11.6 Å². The summed E-state index contributed by atoms with van der Waals surface area (Å²) in [5, 5.41) is 6.76. The van der Waals surface area contributed by atoms with E-state index in [1.165, 1.54) is 0 Å². The number of piperidine rings is 1. The number of benzene rings is 3. The third-order valence-electron chi connectivity index (χ3n) is 5.30. The van der Waals surface area contributed by atoms with E-state index in [1.807, 2.05) is 18.2 Å². The highest BCUT2D eigenvalue weighted by Gasteiger charge is 2.40. The summed E-state index contributed by atoms with van der Waals surface area (Å²) in [5.74, 6) is 0.0772. The Hall–Kier alpha value is -2.91. The molecule has 3 aromatic rings. The lowest BCUT2D eigenvalue weighted by molar-refractivity contribution is -0.124. The summed E-state index contributed by atoms with van der Waals surface area (Å²) in [4.78, 5) is 12.6. The van der Waals surface area contributed by atoms with Gasteiger partial charge in [-0.3, -0.25) is 10.1 Å². The molecule has 1 amide bonds. The Morgan fingerprint density at radius 3 is 1.59 bits per heavy atom. The molecule has 0 radical (unpaired) electrons. The first kappa shape index (κ1) is 17.5. The molecule has 1 aliphatic heterocycles. The smallest absolute Gasteiger partial charge is 0.237 e. The Morgan fingerprint density at radius 2 is 1.19 bits per heavy atom. The minimum atomic E-state index is -0.594. The Morgan fingerprint density at radius 1 is 0.741 bits per heavy atom. The van der Waals surface area contributed by atoms with Crippen molar-refractivity contribution in [1.82, 2.24) is 10.6 Å². The summed E-state index contributed by atoms with van der Waals surface area (Å²) in [6.45, 7) is 0.756. The number of carbonyl (C=O) groups is 1. The first-order valence-electron chi connectivity index (χ1n) is 9.53. The Kier molecular flexibility index (Phi) is 5.03. The minimum Gasteiger partial charge on any atom is -0.355 e. The van der Waals surface area contributed by atoms with Gasteiger partial charge in [-0.2, -0.15) is 0 Å². The molecular formula is C24H24N2O. The lowest BCUT2D eigenvalue weighted by atomic mass is 9.76. The number of rotatable bonds is 5. The monoisotopic (exact) mass is 356 g/mol. The fourth-order valence-corrected chi connectivity index (χ4v) is 3.99. The normalized spacial score (nSPS) is 17.3. The van der Waals surface area contributed by atoms with Crippen LogP contribution >= 0.6 is 0 Å². The molecule has 1 atom stereocenters. The molecule has 3 aromatic carbocycles. The molecule has 1 saturated heterocycles. The van der Waals surface area contributed by atoms with Crippen LogP contribution in [0.5, 0.6) is 0 Å². The Labute approximate surface area is 160 Å². The molecule has 0 saturated carbocycles. The van der Waals surface area contributed by atoms with Crippen molar-refractivity contribution in [3.63, 3.8) is 0 Å². The summed E-state index contributed by atoms with van der Waals surface area (Å²) in [6, 6.07) is 31.0. The van der Waals surface area contributed by atoms with Crippen LogP contribution in [0.4, 0.5) is 0 Å². The molecule has 1 aliphatic rings. The van der Waals surface area contributed by atoms with Crippen molar-refractivity contribution in [2.75, 3.05) is 6.54 Å². The van der Waals surface area contributed by atoms with Gasteiger partial charge >= 0.3 is 0 Å². The fraction of sp³-hybridized carbons (Fsp3) is 0.208. The van der Waals surface area contributed by atoms with Gasteiger partial charge in [0, 0.05) is 6.54 Å². The van der Waals surface area contributed by atoms with Crippen molar-refractivity contribution >= 4 is 5.91 Å². The maximum absolute atomic E-state index is 12.6. The summed E-state index contributed by atoms with van der Waals surface area (Å²) in [6.07, 6.45) is 1.82. The van der Waals surface area contributed by atoms with Gasteiger partial charge in [0.15, 0.2) is 0 Å². The average molecular weight is 356 g/mol. The van der Waals surface area contributed by atoms with E-state index in [4.69, 9.17) is 0 Å². The highest BCUT2D eigenvalue weighted by atomic mass is 16.2. The second-order valence-electron chi connectivity index (χ2n) is 6.98. The first-order chi connectivity index (χ1) is 13.3. The molecular weight excluding hydrogens is 332 g/mol. The van der Waals surface area contributed by atoms with Gasteiger partial charge in [0.25, 0.3) is 0 Å². The van der Waals surface area contributed by atoms with Crippen LogP contribution in [0.1, 0.15) is 29.5 Å². The van der Waals surface area contributed by atoms with Gasteiger partial charge in [-0.15, -0.1) is 0 Å². The first-order valence-corrected chi connectivity index (χ1v) is 9.53. The molecule has 4 rings (SSSR count). The van der Waals surface area contributed by atoms with Crippen LogP contribution in [0, 0.1) is 0 Å². The van der Waals surface area contributed by atoms with E-state index >= 15 is 0 Å². The predicted octanol–water partition coefficient (Wildman–Crippen LogP) is 3.85. The summed E-state index contributed by atoms with van der Waals surface area (Å²) >= 11 is 0. The standard InChI is InChI=1S/C24H24N2O/c27-23-22(17-10-18-25-23)26-24(19-11-4-1-5-12-19,20-13-6-2-7-14-20)21-15-8-3-9-16-21/h1-9,11-16,22,26H,10,17-18H2,(H,25,27)/t22-/m0/s1. The van der Waals surface area contributed by atoms with E-state index in [-0.39, 0.29) is 11.9 Å². The summed E-state index contributed by atoms with van der Waals surface area (Å²) in [5.41, 5.74) is 2.78. The van der Waals surface area contributed by atoms with Crippen LogP contribution in [0.15, 0.2) is 91.0 Å². The quantitative estimate of drug-likeness (QED) is 0.682. The molecule has 0 bridgehead atoms. The number of hydrogen-bond acceptors (Lipinski definition) is 2. The molecule has 3 heteroatoms. The van der Waals surface area contributed by atoms with E-state index in [0.29, 0.717) is 0 Å². The van der Waals surface area contributed by atoms with Crippen LogP contribution in [-0.2, 0) is 10.3 Å². The Balaban J connectivity index is 1.93. The third kappa shape index (κ3) is 3.38. The van der Waals surface area contributed by atoms with E-state index in [9.17, 15) is 4.79 Å². The highest BCUT2D eigenvalue weighted by molar-refractivity contribution is 5.82. The largest absolute Gasteiger partial charge is 0.355 e. The topological polar surface area (TPSA) is 41.1 Å².